The van der Waals surface area contributed by atoms with Crippen molar-refractivity contribution >= 4 is 23.2 Å². The van der Waals surface area contributed by atoms with Crippen LogP contribution in [-0.4, -0.2) is 22.9 Å². The molecule has 0 aliphatic heterocycles. The summed E-state index contributed by atoms with van der Waals surface area (Å²) < 4.78 is 0. The number of rotatable bonds is 4. The maximum atomic E-state index is 12.6. The van der Waals surface area contributed by atoms with Crippen molar-refractivity contribution in [3.05, 3.63) is 78.1 Å². The monoisotopic (exact) mass is 318 g/mol. The summed E-state index contributed by atoms with van der Waals surface area (Å²) in [7, 11) is 1.73. The van der Waals surface area contributed by atoms with Gasteiger partial charge in [0.25, 0.3) is 5.91 Å². The highest BCUT2D eigenvalue weighted by Crippen LogP contribution is 2.16. The minimum absolute atomic E-state index is 0.185. The minimum atomic E-state index is -0.185. The lowest BCUT2D eigenvalue weighted by atomic mass is 10.2. The number of amides is 1. The Morgan fingerprint density at radius 3 is 2.42 bits per heavy atom. The molecule has 3 rings (SSSR count). The summed E-state index contributed by atoms with van der Waals surface area (Å²) in [5.41, 5.74) is 3.21. The number of hydrogen-bond acceptors (Lipinski definition) is 4. The van der Waals surface area contributed by atoms with Crippen molar-refractivity contribution in [2.45, 2.75) is 6.92 Å². The van der Waals surface area contributed by atoms with Crippen molar-refractivity contribution < 1.29 is 4.79 Å². The van der Waals surface area contributed by atoms with Crippen LogP contribution in [0.3, 0.4) is 0 Å². The molecule has 0 saturated heterocycles. The van der Waals surface area contributed by atoms with Crippen LogP contribution in [-0.2, 0) is 0 Å². The Balaban J connectivity index is 1.79. The van der Waals surface area contributed by atoms with E-state index in [-0.39, 0.29) is 5.91 Å². The van der Waals surface area contributed by atoms with Gasteiger partial charge in [0, 0.05) is 24.6 Å². The summed E-state index contributed by atoms with van der Waals surface area (Å²) in [5.74, 6) is 0.210. The first kappa shape index (κ1) is 15.7. The SMILES string of the molecule is Cc1ccc(Nc2nccc(C(=O)N(C)c3ccccc3)n2)cc1. The molecule has 0 spiro atoms. The number of carbonyl (C=O) groups is 1. The van der Waals surface area contributed by atoms with E-state index < -0.39 is 0 Å². The van der Waals surface area contributed by atoms with Crippen LogP contribution in [0.1, 0.15) is 16.1 Å². The van der Waals surface area contributed by atoms with Crippen LogP contribution < -0.4 is 10.2 Å². The van der Waals surface area contributed by atoms with Crippen LogP contribution in [0.25, 0.3) is 0 Å². The van der Waals surface area contributed by atoms with Gasteiger partial charge in [-0.25, -0.2) is 9.97 Å². The fourth-order valence-corrected chi connectivity index (χ4v) is 2.24. The van der Waals surface area contributed by atoms with Gasteiger partial charge < -0.3 is 10.2 Å². The highest BCUT2D eigenvalue weighted by molar-refractivity contribution is 6.04. The Labute approximate surface area is 141 Å². The van der Waals surface area contributed by atoms with E-state index in [2.05, 4.69) is 15.3 Å². The van der Waals surface area contributed by atoms with E-state index in [0.29, 0.717) is 11.6 Å². The van der Waals surface area contributed by atoms with E-state index in [9.17, 15) is 4.79 Å². The van der Waals surface area contributed by atoms with Gasteiger partial charge in [-0.15, -0.1) is 0 Å². The lowest BCUT2D eigenvalue weighted by Crippen LogP contribution is -2.27. The van der Waals surface area contributed by atoms with Crippen LogP contribution in [0.15, 0.2) is 66.9 Å². The molecule has 120 valence electrons. The van der Waals surface area contributed by atoms with E-state index in [1.807, 2.05) is 61.5 Å². The van der Waals surface area contributed by atoms with Crippen LogP contribution in [0.4, 0.5) is 17.3 Å². The number of para-hydroxylation sites is 1. The van der Waals surface area contributed by atoms with E-state index >= 15 is 0 Å². The number of anilines is 3. The number of benzene rings is 2. The Hall–Kier alpha value is -3.21. The normalized spacial score (nSPS) is 10.2. The summed E-state index contributed by atoms with van der Waals surface area (Å²) >= 11 is 0. The van der Waals surface area contributed by atoms with Gasteiger partial charge in [-0.1, -0.05) is 35.9 Å². The topological polar surface area (TPSA) is 58.1 Å². The third kappa shape index (κ3) is 3.57. The maximum Gasteiger partial charge on any atom is 0.276 e. The number of hydrogen-bond donors (Lipinski definition) is 1. The molecule has 0 radical (unpaired) electrons. The molecule has 0 atom stereocenters. The zero-order valence-electron chi connectivity index (χ0n) is 13.6. The van der Waals surface area contributed by atoms with E-state index in [0.717, 1.165) is 11.4 Å². The van der Waals surface area contributed by atoms with Gasteiger partial charge >= 0.3 is 0 Å². The zero-order valence-corrected chi connectivity index (χ0v) is 13.6. The lowest BCUT2D eigenvalue weighted by Gasteiger charge is -2.17. The largest absolute Gasteiger partial charge is 0.324 e. The number of carbonyl (C=O) groups excluding carboxylic acids is 1. The molecule has 2 aromatic carbocycles. The Morgan fingerprint density at radius 2 is 1.71 bits per heavy atom. The van der Waals surface area contributed by atoms with Crippen LogP contribution >= 0.6 is 0 Å². The molecule has 0 saturated carbocycles. The second-order valence-corrected chi connectivity index (χ2v) is 5.46. The fraction of sp³-hybridized carbons (Fsp3) is 0.105. The standard InChI is InChI=1S/C19H18N4O/c1-14-8-10-15(11-9-14)21-19-20-13-12-17(22-19)18(24)23(2)16-6-4-3-5-7-16/h3-13H,1-2H3,(H,20,21,22). The van der Waals surface area contributed by atoms with Crippen molar-refractivity contribution in [3.63, 3.8) is 0 Å². The average Bonchev–Trinajstić information content (AvgIpc) is 2.63. The summed E-state index contributed by atoms with van der Waals surface area (Å²) in [4.78, 5) is 22.7. The summed E-state index contributed by atoms with van der Waals surface area (Å²) in [6, 6.07) is 19.0. The van der Waals surface area contributed by atoms with Gasteiger partial charge in [-0.2, -0.15) is 0 Å². The summed E-state index contributed by atoms with van der Waals surface area (Å²) in [5, 5.41) is 3.11. The first-order valence-electron chi connectivity index (χ1n) is 7.63. The average molecular weight is 318 g/mol. The summed E-state index contributed by atoms with van der Waals surface area (Å²) in [6.07, 6.45) is 1.58. The van der Waals surface area contributed by atoms with Crippen LogP contribution in [0, 0.1) is 6.92 Å². The predicted molar refractivity (Wildman–Crippen MR) is 95.7 cm³/mol. The van der Waals surface area contributed by atoms with Gasteiger partial charge in [-0.05, 0) is 37.3 Å². The van der Waals surface area contributed by atoms with Crippen molar-refractivity contribution in [2.75, 3.05) is 17.3 Å². The molecule has 1 amide bonds. The highest BCUT2D eigenvalue weighted by Gasteiger charge is 2.15. The molecular weight excluding hydrogens is 300 g/mol. The Bertz CT molecular complexity index is 832. The quantitative estimate of drug-likeness (QED) is 0.795. The van der Waals surface area contributed by atoms with Gasteiger partial charge in [-0.3, -0.25) is 4.79 Å². The summed E-state index contributed by atoms with van der Waals surface area (Å²) in [6.45, 7) is 2.03. The molecule has 1 aromatic heterocycles. The predicted octanol–water partition coefficient (Wildman–Crippen LogP) is 3.81. The van der Waals surface area contributed by atoms with Crippen LogP contribution in [0.2, 0.25) is 0 Å². The molecule has 0 aliphatic rings. The van der Waals surface area contributed by atoms with Crippen molar-refractivity contribution in [2.24, 2.45) is 0 Å². The van der Waals surface area contributed by atoms with Crippen molar-refractivity contribution in [1.29, 1.82) is 0 Å². The van der Waals surface area contributed by atoms with E-state index in [1.54, 1.807) is 24.2 Å². The third-order valence-corrected chi connectivity index (χ3v) is 3.63. The van der Waals surface area contributed by atoms with Gasteiger partial charge in [0.1, 0.15) is 5.69 Å². The molecule has 24 heavy (non-hydrogen) atoms. The molecule has 0 unspecified atom stereocenters. The first-order chi connectivity index (χ1) is 11.6. The zero-order chi connectivity index (χ0) is 16.9. The molecule has 0 bridgehead atoms. The van der Waals surface area contributed by atoms with Gasteiger partial charge in [0.15, 0.2) is 0 Å². The van der Waals surface area contributed by atoms with E-state index in [4.69, 9.17) is 0 Å². The Morgan fingerprint density at radius 1 is 1.00 bits per heavy atom. The molecule has 5 nitrogen and oxygen atoms in total. The molecule has 1 N–H and O–H groups in total. The van der Waals surface area contributed by atoms with Gasteiger partial charge in [0.2, 0.25) is 5.95 Å². The smallest absolute Gasteiger partial charge is 0.276 e. The molecule has 1 heterocycles. The number of nitrogens with zero attached hydrogens (tertiary/aromatic N) is 3. The third-order valence-electron chi connectivity index (χ3n) is 3.63. The maximum absolute atomic E-state index is 12.6. The lowest BCUT2D eigenvalue weighted by molar-refractivity contribution is 0.0988. The Kier molecular flexibility index (Phi) is 4.52. The van der Waals surface area contributed by atoms with Gasteiger partial charge in [0.05, 0.1) is 0 Å². The fourth-order valence-electron chi connectivity index (χ4n) is 2.24. The second-order valence-electron chi connectivity index (χ2n) is 5.46. The molecule has 5 heteroatoms. The number of aryl methyl sites for hydroxylation is 1. The van der Waals surface area contributed by atoms with Crippen LogP contribution in [0.5, 0.6) is 0 Å². The van der Waals surface area contributed by atoms with Crippen molar-refractivity contribution in [3.8, 4) is 0 Å². The molecule has 0 aliphatic carbocycles. The number of nitrogens with one attached hydrogen (secondary N) is 1. The minimum Gasteiger partial charge on any atom is -0.324 e. The molecular formula is C19H18N4O. The number of aromatic nitrogens is 2. The second kappa shape index (κ2) is 6.91. The van der Waals surface area contributed by atoms with E-state index in [1.165, 1.54) is 5.56 Å². The highest BCUT2D eigenvalue weighted by atomic mass is 16.2. The first-order valence-corrected chi connectivity index (χ1v) is 7.63. The molecule has 3 aromatic rings. The van der Waals surface area contributed by atoms with Crippen molar-refractivity contribution in [1.82, 2.24) is 9.97 Å². The molecule has 0 fully saturated rings.